The lowest BCUT2D eigenvalue weighted by atomic mass is 10.2. The Morgan fingerprint density at radius 2 is 2.14 bits per heavy atom. The van der Waals surface area contributed by atoms with E-state index < -0.39 is 11.5 Å². The summed E-state index contributed by atoms with van der Waals surface area (Å²) < 4.78 is 13.4. The maximum atomic E-state index is 12.7. The number of aromatic nitrogens is 1. The van der Waals surface area contributed by atoms with Crippen LogP contribution in [0.4, 0.5) is 15.2 Å². The van der Waals surface area contributed by atoms with Gasteiger partial charge in [0.1, 0.15) is 0 Å². The van der Waals surface area contributed by atoms with Gasteiger partial charge >= 0.3 is 0 Å². The Bertz CT molecular complexity index is 746. The molecule has 2 aromatic rings. The van der Waals surface area contributed by atoms with Gasteiger partial charge in [0.25, 0.3) is 17.1 Å². The van der Waals surface area contributed by atoms with Gasteiger partial charge in [-0.3, -0.25) is 9.59 Å². The Labute approximate surface area is 135 Å². The van der Waals surface area contributed by atoms with Crippen LogP contribution < -0.4 is 15.8 Å². The lowest BCUT2D eigenvalue weighted by Crippen LogP contribution is -2.24. The van der Waals surface area contributed by atoms with Gasteiger partial charge in [-0.15, -0.1) is 0 Å². The molecular weight excluding hydrogens is 329 g/mol. The first-order valence-corrected chi connectivity index (χ1v) is 8.00. The fourth-order valence-corrected chi connectivity index (χ4v) is 3.12. The SMILES string of the molecule is CCN(CC)c1nc(=O)c2cc(NC(=O)C(F)Cl)ccc2s1. The third-order valence-electron chi connectivity index (χ3n) is 3.11. The molecule has 0 aliphatic heterocycles. The minimum absolute atomic E-state index is 0.308. The van der Waals surface area contributed by atoms with Crippen LogP contribution in [0.15, 0.2) is 23.0 Å². The Morgan fingerprint density at radius 3 is 2.73 bits per heavy atom. The molecule has 118 valence electrons. The van der Waals surface area contributed by atoms with Crippen molar-refractivity contribution in [3.63, 3.8) is 0 Å². The van der Waals surface area contributed by atoms with E-state index in [1.807, 2.05) is 18.7 Å². The highest BCUT2D eigenvalue weighted by Crippen LogP contribution is 2.26. The Balaban J connectivity index is 2.43. The zero-order valence-electron chi connectivity index (χ0n) is 12.1. The van der Waals surface area contributed by atoms with Crippen LogP contribution in [-0.2, 0) is 4.79 Å². The second-order valence-corrected chi connectivity index (χ2v) is 5.87. The molecule has 5 nitrogen and oxygen atoms in total. The summed E-state index contributed by atoms with van der Waals surface area (Å²) in [5, 5.41) is 3.34. The lowest BCUT2D eigenvalue weighted by molar-refractivity contribution is -0.118. The summed E-state index contributed by atoms with van der Waals surface area (Å²) in [6.45, 7) is 5.49. The van der Waals surface area contributed by atoms with Crippen LogP contribution >= 0.6 is 22.9 Å². The van der Waals surface area contributed by atoms with E-state index in [1.165, 1.54) is 17.4 Å². The second kappa shape index (κ2) is 7.02. The van der Waals surface area contributed by atoms with Crippen LogP contribution in [0.1, 0.15) is 13.8 Å². The van der Waals surface area contributed by atoms with Crippen LogP contribution in [0.5, 0.6) is 0 Å². The third-order valence-corrected chi connectivity index (χ3v) is 4.41. The smallest absolute Gasteiger partial charge is 0.281 e. The summed E-state index contributed by atoms with van der Waals surface area (Å²) in [6.07, 6.45) is 0. The number of halogens is 2. The minimum Gasteiger partial charge on any atom is -0.349 e. The summed E-state index contributed by atoms with van der Waals surface area (Å²) in [7, 11) is 0. The Morgan fingerprint density at radius 1 is 1.45 bits per heavy atom. The van der Waals surface area contributed by atoms with Crippen molar-refractivity contribution < 1.29 is 9.18 Å². The van der Waals surface area contributed by atoms with E-state index >= 15 is 0 Å². The first kappa shape index (κ1) is 16.6. The fraction of sp³-hybridized carbons (Fsp3) is 0.357. The maximum Gasteiger partial charge on any atom is 0.281 e. The molecule has 1 unspecified atom stereocenters. The van der Waals surface area contributed by atoms with Gasteiger partial charge in [0.15, 0.2) is 5.13 Å². The molecule has 0 aliphatic carbocycles. The predicted octanol–water partition coefficient (Wildman–Crippen LogP) is 2.98. The molecule has 22 heavy (non-hydrogen) atoms. The molecule has 1 atom stereocenters. The van der Waals surface area contributed by atoms with Crippen molar-refractivity contribution in [2.75, 3.05) is 23.3 Å². The molecule has 2 rings (SSSR count). The van der Waals surface area contributed by atoms with Gasteiger partial charge in [-0.05, 0) is 32.0 Å². The van der Waals surface area contributed by atoms with Gasteiger partial charge in [-0.25, -0.2) is 4.39 Å². The van der Waals surface area contributed by atoms with Crippen molar-refractivity contribution in [3.8, 4) is 0 Å². The second-order valence-electron chi connectivity index (χ2n) is 4.47. The molecule has 0 saturated carbocycles. The third kappa shape index (κ3) is 3.53. The van der Waals surface area contributed by atoms with E-state index in [2.05, 4.69) is 10.3 Å². The quantitative estimate of drug-likeness (QED) is 0.848. The summed E-state index contributed by atoms with van der Waals surface area (Å²) in [5.74, 6) is -0.968. The molecule has 0 bridgehead atoms. The van der Waals surface area contributed by atoms with Crippen molar-refractivity contribution in [2.24, 2.45) is 0 Å². The van der Waals surface area contributed by atoms with Gasteiger partial charge in [0, 0.05) is 23.5 Å². The molecule has 0 aliphatic rings. The van der Waals surface area contributed by atoms with E-state index in [-0.39, 0.29) is 5.56 Å². The molecule has 0 spiro atoms. The molecule has 0 saturated heterocycles. The van der Waals surface area contributed by atoms with Gasteiger partial charge in [-0.1, -0.05) is 22.9 Å². The number of nitrogens with one attached hydrogen (secondary N) is 1. The normalized spacial score (nSPS) is 12.2. The number of nitrogens with zero attached hydrogens (tertiary/aromatic N) is 2. The van der Waals surface area contributed by atoms with Crippen LogP contribution in [-0.4, -0.2) is 29.6 Å². The van der Waals surface area contributed by atoms with Crippen molar-refractivity contribution in [2.45, 2.75) is 19.5 Å². The van der Waals surface area contributed by atoms with E-state index in [4.69, 9.17) is 11.6 Å². The summed E-state index contributed by atoms with van der Waals surface area (Å²) in [5.41, 5.74) is -2.20. The molecule has 0 radical (unpaired) electrons. The Hall–Kier alpha value is -1.73. The largest absolute Gasteiger partial charge is 0.349 e. The van der Waals surface area contributed by atoms with Crippen molar-refractivity contribution in [1.29, 1.82) is 0 Å². The molecule has 1 aromatic carbocycles. The van der Waals surface area contributed by atoms with Crippen LogP contribution in [0.3, 0.4) is 0 Å². The van der Waals surface area contributed by atoms with Gasteiger partial charge in [-0.2, -0.15) is 4.98 Å². The molecular formula is C14H15ClFN3O2S. The Kier molecular flexibility index (Phi) is 5.31. The topological polar surface area (TPSA) is 62.3 Å². The number of fused-ring (bicyclic) bond motifs is 1. The van der Waals surface area contributed by atoms with E-state index in [1.54, 1.807) is 12.1 Å². The number of carbonyl (C=O) groups excluding carboxylic acids is 1. The number of alkyl halides is 2. The highest BCUT2D eigenvalue weighted by molar-refractivity contribution is 7.21. The summed E-state index contributed by atoms with van der Waals surface area (Å²) in [4.78, 5) is 29.5. The average Bonchev–Trinajstić information content (AvgIpc) is 2.49. The number of hydrogen-bond acceptors (Lipinski definition) is 5. The van der Waals surface area contributed by atoms with Gasteiger partial charge < -0.3 is 10.2 Å². The number of anilines is 2. The molecule has 0 fully saturated rings. The fourth-order valence-electron chi connectivity index (χ4n) is 1.96. The van der Waals surface area contributed by atoms with Crippen LogP contribution in [0, 0.1) is 0 Å². The molecule has 1 aromatic heterocycles. The van der Waals surface area contributed by atoms with E-state index in [0.717, 1.165) is 17.8 Å². The number of amides is 1. The lowest BCUT2D eigenvalue weighted by Gasteiger charge is -2.18. The predicted molar refractivity (Wildman–Crippen MR) is 88.8 cm³/mol. The van der Waals surface area contributed by atoms with Crippen molar-refractivity contribution in [1.82, 2.24) is 4.98 Å². The maximum absolute atomic E-state index is 12.7. The molecule has 1 N–H and O–H groups in total. The summed E-state index contributed by atoms with van der Waals surface area (Å²) >= 11 is 6.45. The minimum atomic E-state index is -2.13. The molecule has 8 heteroatoms. The zero-order valence-corrected chi connectivity index (χ0v) is 13.7. The highest BCUT2D eigenvalue weighted by Gasteiger charge is 2.14. The van der Waals surface area contributed by atoms with Crippen LogP contribution in [0.25, 0.3) is 10.1 Å². The van der Waals surface area contributed by atoms with Crippen molar-refractivity contribution >= 4 is 49.7 Å². The summed E-state index contributed by atoms with van der Waals surface area (Å²) in [6, 6.07) is 4.78. The number of rotatable bonds is 5. The monoisotopic (exact) mass is 343 g/mol. The molecule has 1 amide bonds. The van der Waals surface area contributed by atoms with Crippen LogP contribution in [0.2, 0.25) is 0 Å². The first-order chi connectivity index (χ1) is 10.5. The molecule has 1 heterocycles. The zero-order chi connectivity index (χ0) is 16.3. The highest BCUT2D eigenvalue weighted by atomic mass is 35.5. The number of benzene rings is 1. The standard InChI is InChI=1S/C14H15ClFN3O2S/c1-3-19(4-2)14-18-12(20)9-7-8(5-6-10(9)22-14)17-13(21)11(15)16/h5-7,11H,3-4H2,1-2H3,(H,17,21). The van der Waals surface area contributed by atoms with Gasteiger partial charge in [0.2, 0.25) is 0 Å². The number of hydrogen-bond donors (Lipinski definition) is 1. The van der Waals surface area contributed by atoms with Crippen molar-refractivity contribution in [3.05, 3.63) is 28.6 Å². The first-order valence-electron chi connectivity index (χ1n) is 6.75. The average molecular weight is 344 g/mol. The van der Waals surface area contributed by atoms with Gasteiger partial charge in [0.05, 0.1) is 5.39 Å². The number of carbonyl (C=O) groups is 1. The van der Waals surface area contributed by atoms with E-state index in [0.29, 0.717) is 16.2 Å². The van der Waals surface area contributed by atoms with E-state index in [9.17, 15) is 14.0 Å².